The molecule has 1 saturated heterocycles. The number of fused-ring (bicyclic) bond motifs is 1. The molecule has 1 aromatic carbocycles. The number of carbonyl (C=O) groups excluding carboxylic acids is 7. The fourth-order valence-corrected chi connectivity index (χ4v) is 5.93. The highest BCUT2D eigenvalue weighted by atomic mass is 16.2. The Bertz CT molecular complexity index is 1430. The Kier molecular flexibility index (Phi) is 12.9. The molecular formula is C36H52N6O7. The summed E-state index contributed by atoms with van der Waals surface area (Å²) in [6.07, 6.45) is 3.96. The van der Waals surface area contributed by atoms with Gasteiger partial charge in [-0.2, -0.15) is 0 Å². The summed E-state index contributed by atoms with van der Waals surface area (Å²) in [6, 6.07) is 2.23. The predicted molar refractivity (Wildman–Crippen MR) is 184 cm³/mol. The SMILES string of the molecule is C=CCNC(=O)C(=O)C(CCCC)NC(=O)[C@@H]1CCCN1C(=O)[C@@H](NC(=O)N[C@H](CN1C(=O)c2ccccc2C1=O)C(C)(C)C)C(C)(C)C. The van der Waals surface area contributed by atoms with Gasteiger partial charge in [-0.1, -0.05) is 79.5 Å². The molecule has 1 fully saturated rings. The van der Waals surface area contributed by atoms with E-state index in [4.69, 9.17) is 0 Å². The van der Waals surface area contributed by atoms with E-state index in [0.717, 1.165) is 11.3 Å². The minimum atomic E-state index is -1.05. The standard InChI is InChI=1S/C36H52N6O7/c1-9-11-17-24(27(43)30(45)37-19-10-2)38-29(44)25-18-14-20-41(25)33(48)28(36(6,7)8)40-34(49)39-26(35(3,4)5)21-42-31(46)22-15-12-13-16-23(22)32(42)47/h10,12-13,15-16,24-26,28H,2,9,11,14,17-21H2,1,3-8H3,(H,37,45)(H,38,44)(H2,39,40,49)/t24?,25-,26+,28+/m0/s1. The Hall–Kier alpha value is -4.55. The van der Waals surface area contributed by atoms with Crippen LogP contribution in [0.2, 0.25) is 0 Å². The molecule has 1 unspecified atom stereocenters. The largest absolute Gasteiger partial charge is 0.346 e. The highest BCUT2D eigenvalue weighted by Crippen LogP contribution is 2.28. The van der Waals surface area contributed by atoms with E-state index in [0.29, 0.717) is 30.4 Å². The fraction of sp³-hybridized carbons (Fsp3) is 0.583. The number of urea groups is 1. The van der Waals surface area contributed by atoms with Gasteiger partial charge >= 0.3 is 6.03 Å². The number of hydrogen-bond acceptors (Lipinski definition) is 7. The Balaban J connectivity index is 1.75. The van der Waals surface area contributed by atoms with Crippen LogP contribution in [0.3, 0.4) is 0 Å². The Morgan fingerprint density at radius 3 is 2.08 bits per heavy atom. The summed E-state index contributed by atoms with van der Waals surface area (Å²) in [5.74, 6) is -3.46. The number of ketones is 1. The highest BCUT2D eigenvalue weighted by molar-refractivity contribution is 6.38. The molecule has 2 aliphatic heterocycles. The van der Waals surface area contributed by atoms with Gasteiger partial charge in [0.05, 0.1) is 29.8 Å². The Morgan fingerprint density at radius 2 is 1.55 bits per heavy atom. The number of nitrogens with one attached hydrogen (secondary N) is 4. The molecule has 0 aliphatic carbocycles. The van der Waals surface area contributed by atoms with Crippen molar-refractivity contribution in [2.75, 3.05) is 19.6 Å². The summed E-state index contributed by atoms with van der Waals surface area (Å²) >= 11 is 0. The summed E-state index contributed by atoms with van der Waals surface area (Å²) < 4.78 is 0. The van der Waals surface area contributed by atoms with Crippen molar-refractivity contribution >= 4 is 41.4 Å². The number of benzene rings is 1. The summed E-state index contributed by atoms with van der Waals surface area (Å²) in [5.41, 5.74) is -0.741. The Morgan fingerprint density at radius 1 is 0.939 bits per heavy atom. The number of Topliss-reactive ketones (excluding diaryl/α,β-unsaturated/α-hetero) is 1. The van der Waals surface area contributed by atoms with Gasteiger partial charge in [0.25, 0.3) is 17.7 Å². The zero-order valence-electron chi connectivity index (χ0n) is 29.8. The molecule has 13 nitrogen and oxygen atoms in total. The van der Waals surface area contributed by atoms with Crippen molar-refractivity contribution in [2.45, 2.75) is 105 Å². The number of rotatable bonds is 14. The molecular weight excluding hydrogens is 628 g/mol. The number of unbranched alkanes of at least 4 members (excludes halogenated alkanes) is 1. The lowest BCUT2D eigenvalue weighted by Crippen LogP contribution is -2.62. The second kappa shape index (κ2) is 16.2. The van der Waals surface area contributed by atoms with Gasteiger partial charge in [0, 0.05) is 13.1 Å². The normalized spacial score (nSPS) is 17.9. The van der Waals surface area contributed by atoms with Gasteiger partial charge in [0.1, 0.15) is 12.1 Å². The Labute approximate surface area is 289 Å². The monoisotopic (exact) mass is 680 g/mol. The smallest absolute Gasteiger partial charge is 0.315 e. The van der Waals surface area contributed by atoms with Crippen LogP contribution in [0.5, 0.6) is 0 Å². The van der Waals surface area contributed by atoms with Crippen LogP contribution in [-0.2, 0) is 19.2 Å². The number of carbonyl (C=O) groups is 7. The number of likely N-dealkylation sites (tertiary alicyclic amines) is 1. The maximum atomic E-state index is 14.1. The molecule has 0 aromatic heterocycles. The molecule has 49 heavy (non-hydrogen) atoms. The lowest BCUT2D eigenvalue weighted by molar-refractivity contribution is -0.143. The van der Waals surface area contributed by atoms with Gasteiger partial charge in [-0.25, -0.2) is 4.79 Å². The molecule has 0 bridgehead atoms. The third-order valence-corrected chi connectivity index (χ3v) is 8.93. The molecule has 1 aromatic rings. The van der Waals surface area contributed by atoms with E-state index in [1.54, 1.807) is 45.0 Å². The molecule has 0 saturated carbocycles. The third-order valence-electron chi connectivity index (χ3n) is 8.93. The molecule has 4 N–H and O–H groups in total. The molecule has 2 heterocycles. The van der Waals surface area contributed by atoms with E-state index in [2.05, 4.69) is 27.8 Å². The summed E-state index contributed by atoms with van der Waals surface area (Å²) in [5, 5.41) is 10.9. The highest BCUT2D eigenvalue weighted by Gasteiger charge is 2.44. The van der Waals surface area contributed by atoms with E-state index >= 15 is 0 Å². The molecule has 7 amide bonds. The van der Waals surface area contributed by atoms with E-state index < -0.39 is 76.3 Å². The van der Waals surface area contributed by atoms with Crippen molar-refractivity contribution in [2.24, 2.45) is 10.8 Å². The quantitative estimate of drug-likeness (QED) is 0.133. The number of hydrogen-bond donors (Lipinski definition) is 4. The van der Waals surface area contributed by atoms with Crippen molar-refractivity contribution in [3.05, 3.63) is 48.0 Å². The molecule has 3 rings (SSSR count). The van der Waals surface area contributed by atoms with Crippen LogP contribution in [0.1, 0.15) is 101 Å². The summed E-state index contributed by atoms with van der Waals surface area (Å²) in [4.78, 5) is 95.2. The molecule has 0 spiro atoms. The van der Waals surface area contributed by atoms with E-state index in [-0.39, 0.29) is 26.1 Å². The van der Waals surface area contributed by atoms with E-state index in [9.17, 15) is 33.6 Å². The number of nitrogens with zero attached hydrogens (tertiary/aromatic N) is 2. The van der Waals surface area contributed by atoms with Crippen molar-refractivity contribution in [1.82, 2.24) is 31.1 Å². The van der Waals surface area contributed by atoms with Crippen molar-refractivity contribution < 1.29 is 33.6 Å². The predicted octanol–water partition coefficient (Wildman–Crippen LogP) is 2.95. The lowest BCUT2D eigenvalue weighted by Gasteiger charge is -2.37. The average molecular weight is 681 g/mol. The first-order chi connectivity index (χ1) is 22.9. The lowest BCUT2D eigenvalue weighted by atomic mass is 9.85. The van der Waals surface area contributed by atoms with Crippen LogP contribution < -0.4 is 21.3 Å². The maximum absolute atomic E-state index is 14.1. The topological polar surface area (TPSA) is 174 Å². The minimum Gasteiger partial charge on any atom is -0.346 e. The second-order valence-electron chi connectivity index (χ2n) is 14.9. The average Bonchev–Trinajstić information content (AvgIpc) is 3.62. The van der Waals surface area contributed by atoms with Crippen LogP contribution in [-0.4, -0.2) is 95.0 Å². The molecule has 13 heteroatoms. The maximum Gasteiger partial charge on any atom is 0.315 e. The molecule has 268 valence electrons. The summed E-state index contributed by atoms with van der Waals surface area (Å²) in [6.45, 7) is 16.8. The zero-order chi connectivity index (χ0) is 36.7. The molecule has 4 atom stereocenters. The van der Waals surface area contributed by atoms with Crippen LogP contribution >= 0.6 is 0 Å². The zero-order valence-corrected chi connectivity index (χ0v) is 29.8. The van der Waals surface area contributed by atoms with Gasteiger partial charge in [-0.05, 0) is 42.2 Å². The van der Waals surface area contributed by atoms with E-state index in [1.807, 2.05) is 27.7 Å². The molecule has 2 aliphatic rings. The number of imide groups is 1. The second-order valence-corrected chi connectivity index (χ2v) is 14.9. The van der Waals surface area contributed by atoms with Gasteiger partial charge in [-0.3, -0.25) is 33.7 Å². The van der Waals surface area contributed by atoms with Crippen LogP contribution in [0.25, 0.3) is 0 Å². The molecule has 0 radical (unpaired) electrons. The van der Waals surface area contributed by atoms with Crippen molar-refractivity contribution in [1.29, 1.82) is 0 Å². The first-order valence-electron chi connectivity index (χ1n) is 17.0. The van der Waals surface area contributed by atoms with Crippen LogP contribution in [0, 0.1) is 10.8 Å². The van der Waals surface area contributed by atoms with Crippen molar-refractivity contribution in [3.8, 4) is 0 Å². The van der Waals surface area contributed by atoms with Gasteiger partial charge in [0.2, 0.25) is 17.6 Å². The first-order valence-corrected chi connectivity index (χ1v) is 17.0. The van der Waals surface area contributed by atoms with Crippen LogP contribution in [0.4, 0.5) is 4.79 Å². The fourth-order valence-electron chi connectivity index (χ4n) is 5.93. The van der Waals surface area contributed by atoms with Gasteiger partial charge in [0.15, 0.2) is 0 Å². The number of amides is 7. The third kappa shape index (κ3) is 9.54. The van der Waals surface area contributed by atoms with Gasteiger partial charge in [-0.15, -0.1) is 6.58 Å². The van der Waals surface area contributed by atoms with Crippen LogP contribution in [0.15, 0.2) is 36.9 Å². The van der Waals surface area contributed by atoms with Gasteiger partial charge < -0.3 is 26.2 Å². The first kappa shape index (κ1) is 38.9. The van der Waals surface area contributed by atoms with E-state index in [1.165, 1.54) is 11.0 Å². The van der Waals surface area contributed by atoms with Crippen molar-refractivity contribution in [3.63, 3.8) is 0 Å². The summed E-state index contributed by atoms with van der Waals surface area (Å²) in [7, 11) is 0. The minimum absolute atomic E-state index is 0.0741.